The van der Waals surface area contributed by atoms with Crippen LogP contribution in [0.15, 0.2) is 24.3 Å². The molecule has 0 atom stereocenters. The number of hydrogen-bond acceptors (Lipinski definition) is 3. The van der Waals surface area contributed by atoms with Crippen LogP contribution < -0.4 is 0 Å². The minimum Gasteiger partial charge on any atom is -0.458 e. The van der Waals surface area contributed by atoms with Crippen molar-refractivity contribution in [3.63, 3.8) is 0 Å². The zero-order valence-corrected chi connectivity index (χ0v) is 11.5. The Morgan fingerprint density at radius 1 is 1.17 bits per heavy atom. The van der Waals surface area contributed by atoms with E-state index in [4.69, 9.17) is 4.74 Å². The summed E-state index contributed by atoms with van der Waals surface area (Å²) in [5, 5.41) is 0. The highest BCUT2D eigenvalue weighted by Crippen LogP contribution is 2.10. The third kappa shape index (κ3) is 7.05. The number of allylic oxidation sites excluding steroid dienone is 1. The lowest BCUT2D eigenvalue weighted by molar-refractivity contribution is -0.139. The summed E-state index contributed by atoms with van der Waals surface area (Å²) in [5.41, 5.74) is 0.204. The quantitative estimate of drug-likeness (QED) is 0.149. The predicted molar refractivity (Wildman–Crippen MR) is 73.3 cm³/mol. The summed E-state index contributed by atoms with van der Waals surface area (Å²) >= 11 is 0. The van der Waals surface area contributed by atoms with Crippen LogP contribution >= 0.6 is 0 Å². The maximum Gasteiger partial charge on any atom is 0.341 e. The van der Waals surface area contributed by atoms with E-state index in [2.05, 4.69) is 13.5 Å². The first kappa shape index (κ1) is 16.6. The van der Waals surface area contributed by atoms with Crippen LogP contribution in [0.1, 0.15) is 52.4 Å². The van der Waals surface area contributed by atoms with Gasteiger partial charge in [0, 0.05) is 6.42 Å². The summed E-state index contributed by atoms with van der Waals surface area (Å²) in [7, 11) is 0. The van der Waals surface area contributed by atoms with Gasteiger partial charge in [-0.15, -0.1) is 0 Å². The molecule has 0 amide bonds. The van der Waals surface area contributed by atoms with Gasteiger partial charge in [0.2, 0.25) is 0 Å². The molecular weight excluding hydrogens is 228 g/mol. The fraction of sp³-hybridized carbons (Fsp3) is 0.600. The highest BCUT2D eigenvalue weighted by Gasteiger charge is 2.18. The molecule has 0 saturated heterocycles. The summed E-state index contributed by atoms with van der Waals surface area (Å²) in [6, 6.07) is 0. The van der Waals surface area contributed by atoms with Crippen LogP contribution in [0.4, 0.5) is 0 Å². The van der Waals surface area contributed by atoms with Gasteiger partial charge >= 0.3 is 5.97 Å². The van der Waals surface area contributed by atoms with Crippen molar-refractivity contribution in [1.29, 1.82) is 0 Å². The molecule has 0 aliphatic carbocycles. The van der Waals surface area contributed by atoms with E-state index in [1.54, 1.807) is 6.08 Å². The number of carbonyl (C=O) groups excluding carboxylic acids is 2. The van der Waals surface area contributed by atoms with Crippen LogP contribution in [0.2, 0.25) is 0 Å². The summed E-state index contributed by atoms with van der Waals surface area (Å²) in [4.78, 5) is 23.7. The van der Waals surface area contributed by atoms with Crippen molar-refractivity contribution < 1.29 is 14.3 Å². The molecule has 0 spiro atoms. The number of ketones is 1. The van der Waals surface area contributed by atoms with Crippen LogP contribution in [0, 0.1) is 0 Å². The minimum absolute atomic E-state index is 0.106. The van der Waals surface area contributed by atoms with Gasteiger partial charge in [0.1, 0.15) is 6.61 Å². The van der Waals surface area contributed by atoms with Gasteiger partial charge in [0.05, 0.1) is 5.57 Å². The lowest BCUT2D eigenvalue weighted by Crippen LogP contribution is -2.16. The first-order valence-electron chi connectivity index (χ1n) is 6.68. The normalized spacial score (nSPS) is 11.1. The van der Waals surface area contributed by atoms with E-state index in [-0.39, 0.29) is 18.0 Å². The van der Waals surface area contributed by atoms with Gasteiger partial charge in [-0.25, -0.2) is 4.79 Å². The molecule has 0 heterocycles. The Morgan fingerprint density at radius 2 is 1.89 bits per heavy atom. The zero-order valence-electron chi connectivity index (χ0n) is 11.5. The summed E-state index contributed by atoms with van der Waals surface area (Å²) < 4.78 is 4.93. The maximum atomic E-state index is 11.9. The second-order valence-electron chi connectivity index (χ2n) is 4.17. The first-order valence-corrected chi connectivity index (χ1v) is 6.68. The smallest absolute Gasteiger partial charge is 0.341 e. The van der Waals surface area contributed by atoms with Crippen LogP contribution in [0.5, 0.6) is 0 Å². The molecule has 0 unspecified atom stereocenters. The second-order valence-corrected chi connectivity index (χ2v) is 4.17. The highest BCUT2D eigenvalue weighted by molar-refractivity contribution is 6.17. The van der Waals surface area contributed by atoms with E-state index < -0.39 is 5.97 Å². The van der Waals surface area contributed by atoms with Gasteiger partial charge in [-0.05, 0) is 12.8 Å². The molecule has 0 aromatic carbocycles. The highest BCUT2D eigenvalue weighted by atomic mass is 16.5. The summed E-state index contributed by atoms with van der Waals surface area (Å²) in [6.07, 6.45) is 8.13. The van der Waals surface area contributed by atoms with Crippen LogP contribution in [0.25, 0.3) is 0 Å². The molecule has 0 fully saturated rings. The predicted octanol–water partition coefficient (Wildman–Crippen LogP) is 3.59. The van der Waals surface area contributed by atoms with E-state index in [1.165, 1.54) is 6.08 Å². The van der Waals surface area contributed by atoms with Crippen LogP contribution in [0.3, 0.4) is 0 Å². The van der Waals surface area contributed by atoms with Gasteiger partial charge in [0.25, 0.3) is 0 Å². The number of unbranched alkanes of at least 4 members (excludes halogenated alkanes) is 3. The SMILES string of the molecule is C=CCOC(=O)/C(=C\CCC)C(=O)CCCCC. The van der Waals surface area contributed by atoms with Gasteiger partial charge in [-0.1, -0.05) is 51.8 Å². The molecule has 0 aromatic rings. The first-order chi connectivity index (χ1) is 8.67. The Hall–Kier alpha value is -1.38. The molecule has 0 saturated carbocycles. The van der Waals surface area contributed by atoms with Crippen molar-refractivity contribution in [2.24, 2.45) is 0 Å². The largest absolute Gasteiger partial charge is 0.458 e. The molecule has 0 aliphatic heterocycles. The van der Waals surface area contributed by atoms with Crippen molar-refractivity contribution in [1.82, 2.24) is 0 Å². The molecule has 0 N–H and O–H groups in total. The van der Waals surface area contributed by atoms with E-state index in [1.807, 2.05) is 6.92 Å². The van der Waals surface area contributed by atoms with Crippen LogP contribution in [-0.2, 0) is 14.3 Å². The third-order valence-electron chi connectivity index (χ3n) is 2.50. The third-order valence-corrected chi connectivity index (χ3v) is 2.50. The Labute approximate surface area is 110 Å². The van der Waals surface area contributed by atoms with E-state index in [0.717, 1.165) is 32.1 Å². The monoisotopic (exact) mass is 252 g/mol. The molecule has 3 heteroatoms. The molecule has 3 nitrogen and oxygen atoms in total. The van der Waals surface area contributed by atoms with Crippen molar-refractivity contribution in [2.75, 3.05) is 6.61 Å². The van der Waals surface area contributed by atoms with Crippen molar-refractivity contribution in [2.45, 2.75) is 52.4 Å². The Balaban J connectivity index is 4.51. The molecule has 0 aliphatic rings. The van der Waals surface area contributed by atoms with E-state index in [0.29, 0.717) is 6.42 Å². The fourth-order valence-corrected chi connectivity index (χ4v) is 1.48. The van der Waals surface area contributed by atoms with E-state index in [9.17, 15) is 9.59 Å². The summed E-state index contributed by atoms with van der Waals surface area (Å²) in [5.74, 6) is -0.629. The number of rotatable bonds is 10. The average Bonchev–Trinajstić information content (AvgIpc) is 2.37. The van der Waals surface area contributed by atoms with Gasteiger partial charge < -0.3 is 4.74 Å². The Morgan fingerprint density at radius 3 is 2.44 bits per heavy atom. The Kier molecular flexibility index (Phi) is 9.93. The molecule has 18 heavy (non-hydrogen) atoms. The van der Waals surface area contributed by atoms with Crippen LogP contribution in [-0.4, -0.2) is 18.4 Å². The van der Waals surface area contributed by atoms with E-state index >= 15 is 0 Å². The van der Waals surface area contributed by atoms with Crippen molar-refractivity contribution in [3.05, 3.63) is 24.3 Å². The standard InChI is InChI=1S/C15H24O3/c1-4-7-9-11-14(16)13(10-8-5-2)15(17)18-12-6-3/h6,10H,3-5,7-9,11-12H2,1-2H3/b13-10-. The van der Waals surface area contributed by atoms with Crippen molar-refractivity contribution in [3.8, 4) is 0 Å². The minimum atomic E-state index is -0.523. The lowest BCUT2D eigenvalue weighted by atomic mass is 10.0. The Bertz CT molecular complexity index is 303. The molecular formula is C15H24O3. The lowest BCUT2D eigenvalue weighted by Gasteiger charge is -2.06. The number of ether oxygens (including phenoxy) is 1. The zero-order chi connectivity index (χ0) is 13.8. The number of Topliss-reactive ketones (excluding diaryl/α,β-unsaturated/α-hetero) is 1. The molecule has 0 rings (SSSR count). The van der Waals surface area contributed by atoms with Crippen molar-refractivity contribution >= 4 is 11.8 Å². The molecule has 0 bridgehead atoms. The second kappa shape index (κ2) is 10.8. The topological polar surface area (TPSA) is 43.4 Å². The number of esters is 1. The van der Waals surface area contributed by atoms with Gasteiger partial charge in [-0.2, -0.15) is 0 Å². The molecule has 102 valence electrons. The van der Waals surface area contributed by atoms with Gasteiger partial charge in [0.15, 0.2) is 5.78 Å². The number of hydrogen-bond donors (Lipinski definition) is 0. The fourth-order valence-electron chi connectivity index (χ4n) is 1.48. The average molecular weight is 252 g/mol. The molecule has 0 radical (unpaired) electrons. The molecule has 0 aromatic heterocycles. The maximum absolute atomic E-state index is 11.9. The number of carbonyl (C=O) groups is 2. The van der Waals surface area contributed by atoms with Gasteiger partial charge in [-0.3, -0.25) is 4.79 Å². The summed E-state index contributed by atoms with van der Waals surface area (Å²) in [6.45, 7) is 7.71.